The van der Waals surface area contributed by atoms with E-state index in [2.05, 4.69) is 26.2 Å². The van der Waals surface area contributed by atoms with Crippen molar-refractivity contribution in [2.45, 2.75) is 58.5 Å². The molecule has 1 saturated heterocycles. The number of hydrogen-bond donors (Lipinski definition) is 1. The molecule has 0 saturated carbocycles. The number of pyridine rings is 1. The number of nitrogens with zero attached hydrogens (tertiary/aromatic N) is 2. The van der Waals surface area contributed by atoms with Gasteiger partial charge < -0.3 is 15.0 Å². The Bertz CT molecular complexity index is 795. The molecule has 8 heteroatoms. The van der Waals surface area contributed by atoms with E-state index in [0.29, 0.717) is 38.2 Å². The Morgan fingerprint density at radius 3 is 2.61 bits per heavy atom. The number of rotatable bonds is 3. The number of ether oxygens (including phenoxy) is 1. The van der Waals surface area contributed by atoms with Gasteiger partial charge >= 0.3 is 5.97 Å². The maximum Gasteiger partial charge on any atom is 0.306 e. The van der Waals surface area contributed by atoms with Gasteiger partial charge in [-0.25, -0.2) is 4.98 Å². The second-order valence-corrected chi connectivity index (χ2v) is 9.46. The predicted octanol–water partition coefficient (Wildman–Crippen LogP) is 3.07. The van der Waals surface area contributed by atoms with Crippen LogP contribution in [0.15, 0.2) is 16.7 Å². The summed E-state index contributed by atoms with van der Waals surface area (Å²) in [5.74, 6) is 0.169. The highest BCUT2D eigenvalue weighted by atomic mass is 79.9. The molecule has 2 amide bonds. The number of carbonyl (C=O) groups is 3. The lowest BCUT2D eigenvalue weighted by molar-refractivity contribution is -0.156. The lowest BCUT2D eigenvalue weighted by atomic mass is 9.71. The Kier molecular flexibility index (Phi) is 5.79. The largest absolute Gasteiger partial charge is 0.460 e. The number of amides is 2. The molecule has 1 spiro atoms. The first-order chi connectivity index (χ1) is 13.1. The number of fused-ring (bicyclic) bond motifs is 1. The summed E-state index contributed by atoms with van der Waals surface area (Å²) in [4.78, 5) is 43.0. The third kappa shape index (κ3) is 4.71. The highest BCUT2D eigenvalue weighted by molar-refractivity contribution is 9.10. The average Bonchev–Trinajstić information content (AvgIpc) is 2.60. The summed E-state index contributed by atoms with van der Waals surface area (Å²) in [6, 6.07) is 1.99. The molecule has 1 fully saturated rings. The SMILES string of the molecule is CC(C)(C)OC(=O)CCC(=O)N1CCC2(CC1)Cc1cc(Br)cnc1NC2=O. The minimum atomic E-state index is -0.549. The maximum atomic E-state index is 12.7. The molecule has 1 N–H and O–H groups in total. The topological polar surface area (TPSA) is 88.6 Å². The first-order valence-corrected chi connectivity index (χ1v) is 10.3. The van der Waals surface area contributed by atoms with Crippen molar-refractivity contribution in [3.8, 4) is 0 Å². The molecule has 28 heavy (non-hydrogen) atoms. The van der Waals surface area contributed by atoms with Gasteiger partial charge in [-0.05, 0) is 67.6 Å². The second kappa shape index (κ2) is 7.81. The minimum absolute atomic E-state index is 0.0179. The highest BCUT2D eigenvalue weighted by Crippen LogP contribution is 2.41. The Labute approximate surface area is 173 Å². The van der Waals surface area contributed by atoms with Gasteiger partial charge in [0, 0.05) is 30.2 Å². The summed E-state index contributed by atoms with van der Waals surface area (Å²) in [5.41, 5.74) is -0.0394. The molecule has 7 nitrogen and oxygen atoms in total. The number of esters is 1. The van der Waals surface area contributed by atoms with Crippen LogP contribution in [0.25, 0.3) is 0 Å². The molecule has 0 radical (unpaired) electrons. The highest BCUT2D eigenvalue weighted by Gasteiger charge is 2.45. The van der Waals surface area contributed by atoms with E-state index in [0.717, 1.165) is 10.0 Å². The van der Waals surface area contributed by atoms with Crippen molar-refractivity contribution in [3.63, 3.8) is 0 Å². The summed E-state index contributed by atoms with van der Waals surface area (Å²) in [7, 11) is 0. The summed E-state index contributed by atoms with van der Waals surface area (Å²) < 4.78 is 6.13. The number of piperidine rings is 1. The number of carbonyl (C=O) groups excluding carboxylic acids is 3. The van der Waals surface area contributed by atoms with Gasteiger partial charge in [0.1, 0.15) is 11.4 Å². The van der Waals surface area contributed by atoms with Crippen LogP contribution in [-0.4, -0.2) is 46.4 Å². The standard InChI is InChI=1S/C20H26BrN3O4/c1-19(2,3)28-16(26)5-4-15(25)24-8-6-20(7-9-24)11-13-10-14(21)12-22-17(13)23-18(20)27/h10,12H,4-9,11H2,1-3H3,(H,22,23,27). The maximum absolute atomic E-state index is 12.7. The van der Waals surface area contributed by atoms with Crippen LogP contribution >= 0.6 is 15.9 Å². The lowest BCUT2D eigenvalue weighted by Crippen LogP contribution is -2.51. The molecular formula is C20H26BrN3O4. The average molecular weight is 452 g/mol. The van der Waals surface area contributed by atoms with Crippen molar-refractivity contribution in [1.82, 2.24) is 9.88 Å². The van der Waals surface area contributed by atoms with E-state index >= 15 is 0 Å². The molecule has 3 heterocycles. The van der Waals surface area contributed by atoms with Gasteiger partial charge in [0.05, 0.1) is 11.8 Å². The van der Waals surface area contributed by atoms with Crippen LogP contribution in [0, 0.1) is 5.41 Å². The molecule has 152 valence electrons. The zero-order valence-electron chi connectivity index (χ0n) is 16.5. The van der Waals surface area contributed by atoms with E-state index in [4.69, 9.17) is 4.74 Å². The first-order valence-electron chi connectivity index (χ1n) is 9.53. The van der Waals surface area contributed by atoms with Crippen molar-refractivity contribution in [1.29, 1.82) is 0 Å². The Balaban J connectivity index is 1.56. The van der Waals surface area contributed by atoms with Crippen LogP contribution in [0.4, 0.5) is 5.82 Å². The fourth-order valence-corrected chi connectivity index (χ4v) is 4.14. The first kappa shape index (κ1) is 20.8. The Hall–Kier alpha value is -1.96. The summed E-state index contributed by atoms with van der Waals surface area (Å²) in [5, 5.41) is 2.92. The molecule has 2 aliphatic rings. The number of hydrogen-bond acceptors (Lipinski definition) is 5. The summed E-state index contributed by atoms with van der Waals surface area (Å²) >= 11 is 3.43. The van der Waals surface area contributed by atoms with Crippen LogP contribution in [0.2, 0.25) is 0 Å². The van der Waals surface area contributed by atoms with Gasteiger partial charge in [0.2, 0.25) is 11.8 Å². The van der Waals surface area contributed by atoms with Gasteiger partial charge in [-0.2, -0.15) is 0 Å². The number of likely N-dealkylation sites (tertiary alicyclic amines) is 1. The molecule has 0 aromatic carbocycles. The monoisotopic (exact) mass is 451 g/mol. The van der Waals surface area contributed by atoms with Crippen molar-refractivity contribution in [2.75, 3.05) is 18.4 Å². The molecule has 0 unspecified atom stereocenters. The quantitative estimate of drug-likeness (QED) is 0.713. The van der Waals surface area contributed by atoms with Crippen molar-refractivity contribution in [3.05, 3.63) is 22.3 Å². The molecule has 0 aliphatic carbocycles. The van der Waals surface area contributed by atoms with Crippen LogP contribution in [0.3, 0.4) is 0 Å². The van der Waals surface area contributed by atoms with E-state index in [-0.39, 0.29) is 30.6 Å². The van der Waals surface area contributed by atoms with Gasteiger partial charge in [0.15, 0.2) is 0 Å². The molecule has 2 aliphatic heterocycles. The third-order valence-electron chi connectivity index (χ3n) is 5.21. The van der Waals surface area contributed by atoms with Crippen LogP contribution in [-0.2, 0) is 25.5 Å². The zero-order valence-corrected chi connectivity index (χ0v) is 18.1. The van der Waals surface area contributed by atoms with Crippen molar-refractivity contribution < 1.29 is 19.1 Å². The van der Waals surface area contributed by atoms with E-state index in [1.54, 1.807) is 31.9 Å². The molecule has 3 rings (SSSR count). The molecule has 0 bridgehead atoms. The Morgan fingerprint density at radius 2 is 1.96 bits per heavy atom. The molecule has 1 aromatic heterocycles. The van der Waals surface area contributed by atoms with E-state index in [1.807, 2.05) is 6.07 Å². The normalized spacial score (nSPS) is 18.4. The third-order valence-corrected chi connectivity index (χ3v) is 5.65. The smallest absolute Gasteiger partial charge is 0.306 e. The zero-order chi connectivity index (χ0) is 20.5. The second-order valence-electron chi connectivity index (χ2n) is 8.54. The predicted molar refractivity (Wildman–Crippen MR) is 108 cm³/mol. The summed E-state index contributed by atoms with van der Waals surface area (Å²) in [6.07, 6.45) is 3.70. The minimum Gasteiger partial charge on any atom is -0.460 e. The van der Waals surface area contributed by atoms with Crippen LogP contribution in [0.5, 0.6) is 0 Å². The lowest BCUT2D eigenvalue weighted by Gasteiger charge is -2.43. The van der Waals surface area contributed by atoms with Crippen LogP contribution in [0.1, 0.15) is 52.0 Å². The van der Waals surface area contributed by atoms with Crippen molar-refractivity contribution >= 4 is 39.5 Å². The van der Waals surface area contributed by atoms with Crippen LogP contribution < -0.4 is 5.32 Å². The van der Waals surface area contributed by atoms with E-state index in [1.165, 1.54) is 0 Å². The van der Waals surface area contributed by atoms with Gasteiger partial charge in [-0.3, -0.25) is 14.4 Å². The number of nitrogens with one attached hydrogen (secondary N) is 1. The molecular weight excluding hydrogens is 426 g/mol. The fourth-order valence-electron chi connectivity index (χ4n) is 3.76. The van der Waals surface area contributed by atoms with E-state index in [9.17, 15) is 14.4 Å². The number of halogens is 1. The Morgan fingerprint density at radius 1 is 1.29 bits per heavy atom. The van der Waals surface area contributed by atoms with Crippen molar-refractivity contribution in [2.24, 2.45) is 5.41 Å². The van der Waals surface area contributed by atoms with Gasteiger partial charge in [-0.1, -0.05) is 0 Å². The fraction of sp³-hybridized carbons (Fsp3) is 0.600. The molecule has 1 aromatic rings. The van der Waals surface area contributed by atoms with Gasteiger partial charge in [-0.15, -0.1) is 0 Å². The summed E-state index contributed by atoms with van der Waals surface area (Å²) in [6.45, 7) is 6.43. The molecule has 0 atom stereocenters. The number of anilines is 1. The number of aromatic nitrogens is 1. The van der Waals surface area contributed by atoms with E-state index < -0.39 is 11.0 Å². The van der Waals surface area contributed by atoms with Gasteiger partial charge in [0.25, 0.3) is 0 Å².